The molecule has 19 heavy (non-hydrogen) atoms. The fourth-order valence-corrected chi connectivity index (χ4v) is 1.56. The van der Waals surface area contributed by atoms with Crippen molar-refractivity contribution in [3.8, 4) is 17.6 Å². The number of pyridine rings is 1. The second kappa shape index (κ2) is 7.45. The van der Waals surface area contributed by atoms with E-state index in [2.05, 4.69) is 21.9 Å². The van der Waals surface area contributed by atoms with Crippen LogP contribution in [0.4, 0.5) is 0 Å². The van der Waals surface area contributed by atoms with Gasteiger partial charge in [0.25, 0.3) is 0 Å². The van der Waals surface area contributed by atoms with E-state index in [1.807, 2.05) is 23.0 Å². The van der Waals surface area contributed by atoms with Crippen molar-refractivity contribution < 1.29 is 4.74 Å². The Morgan fingerprint density at radius 1 is 1.37 bits per heavy atom. The van der Waals surface area contributed by atoms with Crippen LogP contribution in [-0.4, -0.2) is 27.3 Å². The van der Waals surface area contributed by atoms with E-state index in [-0.39, 0.29) is 0 Å². The summed E-state index contributed by atoms with van der Waals surface area (Å²) in [4.78, 5) is 4.10. The molecule has 0 bridgehead atoms. The molecule has 0 radical (unpaired) electrons. The Bertz CT molecular complexity index is 558. The topological polar surface area (TPSA) is 39.9 Å². The Balaban J connectivity index is 1.87. The normalized spacial score (nSPS) is 9.74. The third kappa shape index (κ3) is 4.65. The maximum atomic E-state index is 5.61. The Kier molecular flexibility index (Phi) is 5.27. The molecule has 98 valence electrons. The first-order valence-corrected chi connectivity index (χ1v) is 6.52. The Morgan fingerprint density at radius 2 is 2.32 bits per heavy atom. The lowest BCUT2D eigenvalue weighted by Gasteiger charge is -2.05. The van der Waals surface area contributed by atoms with E-state index < -0.39 is 0 Å². The van der Waals surface area contributed by atoms with Crippen LogP contribution >= 0.6 is 11.6 Å². The summed E-state index contributed by atoms with van der Waals surface area (Å²) in [6.07, 6.45) is 7.70. The summed E-state index contributed by atoms with van der Waals surface area (Å²) < 4.78 is 7.43. The van der Waals surface area contributed by atoms with Gasteiger partial charge in [-0.15, -0.1) is 11.6 Å². The average Bonchev–Trinajstić information content (AvgIpc) is 2.93. The highest BCUT2D eigenvalue weighted by atomic mass is 35.5. The minimum atomic E-state index is 0.542. The van der Waals surface area contributed by atoms with Gasteiger partial charge >= 0.3 is 0 Å². The average molecular weight is 276 g/mol. The van der Waals surface area contributed by atoms with Crippen LogP contribution in [0.25, 0.3) is 0 Å². The van der Waals surface area contributed by atoms with Crippen molar-refractivity contribution in [2.75, 3.05) is 12.5 Å². The van der Waals surface area contributed by atoms with Gasteiger partial charge in [-0.25, -0.2) is 0 Å². The number of nitrogens with zero attached hydrogens (tertiary/aromatic N) is 3. The SMILES string of the molecule is ClCCC#Cc1cncc(OCCn2cccn2)c1. The fourth-order valence-electron chi connectivity index (χ4n) is 1.47. The summed E-state index contributed by atoms with van der Waals surface area (Å²) in [6.45, 7) is 1.25. The van der Waals surface area contributed by atoms with Gasteiger partial charge in [-0.05, 0) is 12.1 Å². The third-order valence-electron chi connectivity index (χ3n) is 2.31. The summed E-state index contributed by atoms with van der Waals surface area (Å²) >= 11 is 5.57. The molecule has 0 N–H and O–H groups in total. The van der Waals surface area contributed by atoms with Crippen molar-refractivity contribution in [1.82, 2.24) is 14.8 Å². The number of ether oxygens (including phenoxy) is 1. The molecule has 2 aromatic heterocycles. The second-order valence-electron chi connectivity index (χ2n) is 3.77. The number of hydrogen-bond acceptors (Lipinski definition) is 3. The molecule has 2 heterocycles. The van der Waals surface area contributed by atoms with E-state index in [4.69, 9.17) is 16.3 Å². The van der Waals surface area contributed by atoms with E-state index in [1.54, 1.807) is 18.6 Å². The second-order valence-corrected chi connectivity index (χ2v) is 4.15. The van der Waals surface area contributed by atoms with Crippen LogP contribution in [0.2, 0.25) is 0 Å². The van der Waals surface area contributed by atoms with Gasteiger partial charge in [-0.1, -0.05) is 11.8 Å². The van der Waals surface area contributed by atoms with Gasteiger partial charge in [0.15, 0.2) is 0 Å². The van der Waals surface area contributed by atoms with Crippen LogP contribution in [0.1, 0.15) is 12.0 Å². The molecule has 0 aliphatic carbocycles. The highest BCUT2D eigenvalue weighted by Gasteiger charge is 1.97. The van der Waals surface area contributed by atoms with Gasteiger partial charge in [0.05, 0.1) is 12.7 Å². The number of hydrogen-bond donors (Lipinski definition) is 0. The fraction of sp³-hybridized carbons (Fsp3) is 0.286. The number of alkyl halides is 1. The van der Waals surface area contributed by atoms with Crippen LogP contribution in [0.3, 0.4) is 0 Å². The molecule has 2 rings (SSSR count). The first-order valence-electron chi connectivity index (χ1n) is 5.98. The van der Waals surface area contributed by atoms with Gasteiger partial charge in [-0.3, -0.25) is 9.67 Å². The lowest BCUT2D eigenvalue weighted by Crippen LogP contribution is -2.08. The molecule has 0 saturated carbocycles. The molecule has 0 aliphatic heterocycles. The molecule has 0 spiro atoms. The van der Waals surface area contributed by atoms with Gasteiger partial charge in [0, 0.05) is 36.5 Å². The number of rotatable bonds is 5. The van der Waals surface area contributed by atoms with Gasteiger partial charge in [0.1, 0.15) is 12.4 Å². The largest absolute Gasteiger partial charge is 0.490 e. The predicted octanol–water partition coefficient (Wildman–Crippen LogP) is 2.34. The number of aromatic nitrogens is 3. The molecule has 0 aliphatic rings. The molecule has 2 aromatic rings. The lowest BCUT2D eigenvalue weighted by atomic mass is 10.3. The van der Waals surface area contributed by atoms with Crippen molar-refractivity contribution in [1.29, 1.82) is 0 Å². The molecule has 5 heteroatoms. The highest BCUT2D eigenvalue weighted by Crippen LogP contribution is 2.10. The van der Waals surface area contributed by atoms with Crippen molar-refractivity contribution in [2.45, 2.75) is 13.0 Å². The first-order chi connectivity index (χ1) is 9.38. The van der Waals surface area contributed by atoms with E-state index in [1.165, 1.54) is 0 Å². The van der Waals surface area contributed by atoms with Gasteiger partial charge in [-0.2, -0.15) is 5.10 Å². The molecule has 0 saturated heterocycles. The Labute approximate surface area is 117 Å². The van der Waals surface area contributed by atoms with Crippen molar-refractivity contribution >= 4 is 11.6 Å². The zero-order chi connectivity index (χ0) is 13.3. The van der Waals surface area contributed by atoms with E-state index in [0.29, 0.717) is 31.2 Å². The van der Waals surface area contributed by atoms with E-state index in [9.17, 15) is 0 Å². The predicted molar refractivity (Wildman–Crippen MR) is 74.2 cm³/mol. The number of halogens is 1. The van der Waals surface area contributed by atoms with Crippen molar-refractivity contribution in [2.24, 2.45) is 0 Å². The summed E-state index contributed by atoms with van der Waals surface area (Å²) in [6, 6.07) is 3.76. The smallest absolute Gasteiger partial charge is 0.138 e. The molecule has 0 unspecified atom stereocenters. The zero-order valence-electron chi connectivity index (χ0n) is 10.4. The monoisotopic (exact) mass is 275 g/mol. The molecule has 0 fully saturated rings. The standard InChI is InChI=1S/C14H14ClN3O/c15-5-2-1-4-13-10-14(12-16-11-13)19-9-8-18-7-3-6-17-18/h3,6-7,10-12H,2,5,8-9H2. The molecular formula is C14H14ClN3O. The van der Waals surface area contributed by atoms with Crippen LogP contribution < -0.4 is 4.74 Å². The zero-order valence-corrected chi connectivity index (χ0v) is 11.2. The quantitative estimate of drug-likeness (QED) is 0.621. The van der Waals surface area contributed by atoms with Crippen molar-refractivity contribution in [3.05, 3.63) is 42.5 Å². The molecule has 4 nitrogen and oxygen atoms in total. The first kappa shape index (κ1) is 13.4. The summed E-state index contributed by atoms with van der Waals surface area (Å²) in [7, 11) is 0. The highest BCUT2D eigenvalue weighted by molar-refractivity contribution is 6.18. The molecule has 0 aromatic carbocycles. The third-order valence-corrected chi connectivity index (χ3v) is 2.50. The molecule has 0 atom stereocenters. The maximum absolute atomic E-state index is 5.61. The van der Waals surface area contributed by atoms with Gasteiger partial charge in [0.2, 0.25) is 0 Å². The van der Waals surface area contributed by atoms with Crippen LogP contribution in [-0.2, 0) is 6.54 Å². The molecular weight excluding hydrogens is 262 g/mol. The molecule has 0 amide bonds. The van der Waals surface area contributed by atoms with Crippen molar-refractivity contribution in [3.63, 3.8) is 0 Å². The summed E-state index contributed by atoms with van der Waals surface area (Å²) in [5, 5.41) is 4.10. The van der Waals surface area contributed by atoms with Crippen LogP contribution in [0.15, 0.2) is 36.9 Å². The van der Waals surface area contributed by atoms with Crippen LogP contribution in [0, 0.1) is 11.8 Å². The summed E-state index contributed by atoms with van der Waals surface area (Å²) in [5.41, 5.74) is 0.835. The lowest BCUT2D eigenvalue weighted by molar-refractivity contribution is 0.290. The summed E-state index contributed by atoms with van der Waals surface area (Å²) in [5.74, 6) is 7.22. The van der Waals surface area contributed by atoms with Crippen LogP contribution in [0.5, 0.6) is 5.75 Å². The Hall–Kier alpha value is -1.99. The maximum Gasteiger partial charge on any atom is 0.138 e. The Morgan fingerprint density at radius 3 is 3.11 bits per heavy atom. The van der Waals surface area contributed by atoms with E-state index in [0.717, 1.165) is 5.56 Å². The minimum Gasteiger partial charge on any atom is -0.490 e. The van der Waals surface area contributed by atoms with Gasteiger partial charge < -0.3 is 4.74 Å². The van der Waals surface area contributed by atoms with E-state index >= 15 is 0 Å². The minimum absolute atomic E-state index is 0.542.